The van der Waals surface area contributed by atoms with E-state index < -0.39 is 0 Å². The first kappa shape index (κ1) is 17.0. The molecule has 0 spiro atoms. The minimum Gasteiger partial charge on any atom is -0.304 e. The van der Waals surface area contributed by atoms with E-state index >= 15 is 0 Å². The summed E-state index contributed by atoms with van der Waals surface area (Å²) in [6.07, 6.45) is 0. The molecule has 0 amide bonds. The van der Waals surface area contributed by atoms with Crippen LogP contribution in [0.4, 0.5) is 4.39 Å². The van der Waals surface area contributed by atoms with Gasteiger partial charge in [0.25, 0.3) is 0 Å². The number of hydrogen-bond donors (Lipinski definition) is 0. The monoisotopic (exact) mass is 332 g/mol. The highest BCUT2D eigenvalue weighted by molar-refractivity contribution is 5.27. The van der Waals surface area contributed by atoms with E-state index in [4.69, 9.17) is 0 Å². The Hall–Kier alpha value is -1.86. The molecule has 130 valence electrons. The van der Waals surface area contributed by atoms with E-state index in [0.29, 0.717) is 11.4 Å². The van der Waals surface area contributed by atoms with Crippen molar-refractivity contribution in [3.05, 3.63) is 41.5 Å². The molecule has 7 heteroatoms. The number of likely N-dealkylation sites (N-methyl/N-ethyl adjacent to an activating group) is 1. The van der Waals surface area contributed by atoms with Crippen molar-refractivity contribution >= 4 is 0 Å². The smallest absolute Gasteiger partial charge is 0.173 e. The Morgan fingerprint density at radius 1 is 1.08 bits per heavy atom. The van der Waals surface area contributed by atoms with Gasteiger partial charge in [-0.2, -0.15) is 0 Å². The van der Waals surface area contributed by atoms with E-state index in [0.717, 1.165) is 26.2 Å². The van der Waals surface area contributed by atoms with Gasteiger partial charge in [0.1, 0.15) is 11.9 Å². The fourth-order valence-corrected chi connectivity index (χ4v) is 3.12. The Morgan fingerprint density at radius 2 is 1.75 bits per heavy atom. The van der Waals surface area contributed by atoms with Gasteiger partial charge < -0.3 is 4.90 Å². The Kier molecular flexibility index (Phi) is 4.64. The van der Waals surface area contributed by atoms with Gasteiger partial charge >= 0.3 is 0 Å². The second kappa shape index (κ2) is 6.57. The summed E-state index contributed by atoms with van der Waals surface area (Å²) in [5, 5.41) is 12.3. The molecule has 1 unspecified atom stereocenters. The van der Waals surface area contributed by atoms with Gasteiger partial charge in [-0.15, -0.1) is 5.10 Å². The lowest BCUT2D eigenvalue weighted by atomic mass is 10.0. The number of halogens is 1. The third kappa shape index (κ3) is 3.32. The zero-order valence-corrected chi connectivity index (χ0v) is 14.8. The van der Waals surface area contributed by atoms with Crippen LogP contribution in [0.1, 0.15) is 38.2 Å². The van der Waals surface area contributed by atoms with Gasteiger partial charge in [-0.25, -0.2) is 9.07 Å². The Labute approximate surface area is 142 Å². The highest BCUT2D eigenvalue weighted by Crippen LogP contribution is 2.31. The van der Waals surface area contributed by atoms with Crippen LogP contribution >= 0.6 is 0 Å². The zero-order chi connectivity index (χ0) is 17.3. The van der Waals surface area contributed by atoms with Crippen molar-refractivity contribution in [3.63, 3.8) is 0 Å². The highest BCUT2D eigenvalue weighted by Gasteiger charge is 2.34. The van der Waals surface area contributed by atoms with Crippen LogP contribution in [0.3, 0.4) is 0 Å². The lowest BCUT2D eigenvalue weighted by molar-refractivity contribution is 0.117. The minimum atomic E-state index is -0.283. The minimum absolute atomic E-state index is 0.218. The number of tetrazole rings is 1. The number of hydrogen-bond acceptors (Lipinski definition) is 5. The lowest BCUT2D eigenvalue weighted by Gasteiger charge is -2.38. The van der Waals surface area contributed by atoms with Crippen LogP contribution in [-0.4, -0.2) is 63.2 Å². The summed E-state index contributed by atoms with van der Waals surface area (Å²) in [5.74, 6) is 0.474. The van der Waals surface area contributed by atoms with Crippen LogP contribution in [-0.2, 0) is 5.54 Å². The van der Waals surface area contributed by atoms with Gasteiger partial charge in [0, 0.05) is 31.7 Å². The molecule has 0 bridgehead atoms. The molecule has 0 saturated carbocycles. The molecule has 1 aliphatic heterocycles. The van der Waals surface area contributed by atoms with Crippen LogP contribution in [0, 0.1) is 5.82 Å². The second-order valence-electron chi connectivity index (χ2n) is 7.38. The van der Waals surface area contributed by atoms with Crippen molar-refractivity contribution in [3.8, 4) is 0 Å². The number of nitrogens with zero attached hydrogens (tertiary/aromatic N) is 6. The summed E-state index contributed by atoms with van der Waals surface area (Å²) in [6, 6.07) is 6.64. The highest BCUT2D eigenvalue weighted by atomic mass is 19.1. The van der Waals surface area contributed by atoms with Gasteiger partial charge in [0.2, 0.25) is 0 Å². The number of aromatic nitrogens is 4. The maximum absolute atomic E-state index is 14.6. The molecule has 6 nitrogen and oxygen atoms in total. The molecule has 1 saturated heterocycles. The first-order valence-electron chi connectivity index (χ1n) is 8.33. The van der Waals surface area contributed by atoms with Crippen LogP contribution in [0.15, 0.2) is 24.3 Å². The summed E-state index contributed by atoms with van der Waals surface area (Å²) in [5.41, 5.74) is 0.358. The van der Waals surface area contributed by atoms with E-state index in [-0.39, 0.29) is 17.4 Å². The molecule has 1 atom stereocenters. The van der Waals surface area contributed by atoms with E-state index in [1.165, 1.54) is 6.07 Å². The van der Waals surface area contributed by atoms with Crippen molar-refractivity contribution in [1.82, 2.24) is 30.0 Å². The molecule has 2 aromatic rings. The summed E-state index contributed by atoms with van der Waals surface area (Å²) in [4.78, 5) is 4.55. The summed E-state index contributed by atoms with van der Waals surface area (Å²) >= 11 is 0. The maximum atomic E-state index is 14.6. The molecule has 2 heterocycles. The van der Waals surface area contributed by atoms with E-state index in [1.807, 2.05) is 16.8 Å². The van der Waals surface area contributed by atoms with Crippen LogP contribution in [0.5, 0.6) is 0 Å². The normalized spacial score (nSPS) is 18.7. The molecule has 24 heavy (non-hydrogen) atoms. The van der Waals surface area contributed by atoms with Crippen molar-refractivity contribution < 1.29 is 4.39 Å². The molecule has 1 aromatic heterocycles. The van der Waals surface area contributed by atoms with Gasteiger partial charge in [-0.1, -0.05) is 18.2 Å². The average molecular weight is 332 g/mol. The maximum Gasteiger partial charge on any atom is 0.173 e. The molecule has 0 radical (unpaired) electrons. The Balaban J connectivity index is 2.06. The zero-order valence-electron chi connectivity index (χ0n) is 14.8. The van der Waals surface area contributed by atoms with Gasteiger partial charge in [-0.3, -0.25) is 4.90 Å². The van der Waals surface area contributed by atoms with Crippen molar-refractivity contribution in [2.45, 2.75) is 32.4 Å². The predicted octanol–water partition coefficient (Wildman–Crippen LogP) is 1.90. The quantitative estimate of drug-likeness (QED) is 0.859. The summed E-state index contributed by atoms with van der Waals surface area (Å²) < 4.78 is 16.4. The van der Waals surface area contributed by atoms with E-state index in [2.05, 4.69) is 53.1 Å². The van der Waals surface area contributed by atoms with Crippen molar-refractivity contribution in [2.75, 3.05) is 33.2 Å². The van der Waals surface area contributed by atoms with E-state index in [9.17, 15) is 4.39 Å². The van der Waals surface area contributed by atoms with Crippen LogP contribution < -0.4 is 0 Å². The third-order valence-corrected chi connectivity index (χ3v) is 4.48. The fourth-order valence-electron chi connectivity index (χ4n) is 3.12. The van der Waals surface area contributed by atoms with Gasteiger partial charge in [0.05, 0.1) is 5.54 Å². The van der Waals surface area contributed by atoms with Crippen molar-refractivity contribution in [2.24, 2.45) is 0 Å². The number of piperazine rings is 1. The number of benzene rings is 1. The SMILES string of the molecule is CN1CCN(C(c2ccccc2F)c2nnnn2C(C)(C)C)CC1. The number of rotatable bonds is 3. The first-order valence-corrected chi connectivity index (χ1v) is 8.33. The fraction of sp³-hybridized carbons (Fsp3) is 0.588. The van der Waals surface area contributed by atoms with Crippen LogP contribution in [0.2, 0.25) is 0 Å². The molecular weight excluding hydrogens is 307 g/mol. The Bertz CT molecular complexity index is 684. The third-order valence-electron chi connectivity index (χ3n) is 4.48. The topological polar surface area (TPSA) is 50.1 Å². The average Bonchev–Trinajstić information content (AvgIpc) is 3.01. The summed E-state index contributed by atoms with van der Waals surface area (Å²) in [7, 11) is 2.11. The molecule has 0 N–H and O–H groups in total. The molecule has 0 aliphatic carbocycles. The molecule has 3 rings (SSSR count). The molecule has 1 aliphatic rings. The van der Waals surface area contributed by atoms with Crippen molar-refractivity contribution in [1.29, 1.82) is 0 Å². The molecular formula is C17H25FN6. The second-order valence-corrected chi connectivity index (χ2v) is 7.38. The standard InChI is InChI=1S/C17H25FN6/c1-17(2,3)24-16(19-20-21-24)15(13-7-5-6-8-14(13)18)23-11-9-22(4)10-12-23/h5-8,15H,9-12H2,1-4H3. The lowest BCUT2D eigenvalue weighted by Crippen LogP contribution is -2.47. The van der Waals surface area contributed by atoms with Gasteiger partial charge in [-0.05, 0) is 44.3 Å². The predicted molar refractivity (Wildman–Crippen MR) is 90.1 cm³/mol. The molecule has 1 fully saturated rings. The van der Waals surface area contributed by atoms with E-state index in [1.54, 1.807) is 6.07 Å². The van der Waals surface area contributed by atoms with Crippen LogP contribution in [0.25, 0.3) is 0 Å². The first-order chi connectivity index (χ1) is 11.4. The largest absolute Gasteiger partial charge is 0.304 e. The van der Waals surface area contributed by atoms with Gasteiger partial charge in [0.15, 0.2) is 5.82 Å². The molecule has 1 aromatic carbocycles. The Morgan fingerprint density at radius 3 is 2.38 bits per heavy atom. The summed E-state index contributed by atoms with van der Waals surface area (Å²) in [6.45, 7) is 9.75.